The molecule has 6 nitrogen and oxygen atoms in total. The van der Waals surface area contributed by atoms with E-state index in [-0.39, 0.29) is 36.5 Å². The monoisotopic (exact) mass is 336 g/mol. The maximum Gasteiger partial charge on any atom is 0.354 e. The molecule has 0 unspecified atom stereocenters. The first-order valence-electron chi connectivity index (χ1n) is 6.18. The first-order chi connectivity index (χ1) is 9.07. The number of pyridine rings is 1. The fraction of sp³-hybridized carbons (Fsp3) is 0.462. The summed E-state index contributed by atoms with van der Waals surface area (Å²) in [5, 5.41) is 11.9. The van der Waals surface area contributed by atoms with Crippen LogP contribution in [-0.2, 0) is 16.1 Å². The predicted molar refractivity (Wildman–Crippen MR) is 81.1 cm³/mol. The Kier molecular flexibility index (Phi) is 7.63. The number of carbonyl (C=O) groups excluding carboxylic acids is 1. The molecule has 0 amide bonds. The molecule has 0 spiro atoms. The molecule has 1 aromatic rings. The number of carboxylic acids is 1. The van der Waals surface area contributed by atoms with E-state index in [9.17, 15) is 9.59 Å². The van der Waals surface area contributed by atoms with Gasteiger partial charge in [-0.2, -0.15) is 0 Å². The van der Waals surface area contributed by atoms with Crippen molar-refractivity contribution in [3.05, 3.63) is 29.6 Å². The molecular weight excluding hydrogens is 319 g/mol. The Morgan fingerprint density at radius 3 is 2.48 bits per heavy atom. The molecular formula is C13H18Cl2N2O4. The van der Waals surface area contributed by atoms with E-state index in [1.807, 2.05) is 0 Å². The maximum absolute atomic E-state index is 11.7. The molecule has 1 fully saturated rings. The summed E-state index contributed by atoms with van der Waals surface area (Å²) in [6.07, 6.45) is 3.04. The lowest BCUT2D eigenvalue weighted by Gasteiger charge is -2.15. The molecule has 1 aliphatic rings. The average molecular weight is 337 g/mol. The molecule has 0 atom stereocenters. The van der Waals surface area contributed by atoms with E-state index in [0.29, 0.717) is 13.2 Å². The van der Waals surface area contributed by atoms with E-state index < -0.39 is 11.5 Å². The molecule has 0 bridgehead atoms. The summed E-state index contributed by atoms with van der Waals surface area (Å²) in [6.45, 7) is 2.62. The molecule has 1 aromatic heterocycles. The van der Waals surface area contributed by atoms with Gasteiger partial charge in [0.1, 0.15) is 11.2 Å². The Hall–Kier alpha value is -1.37. The minimum atomic E-state index is -1.05. The highest BCUT2D eigenvalue weighted by Gasteiger charge is 2.50. The van der Waals surface area contributed by atoms with E-state index in [2.05, 4.69) is 10.3 Å². The largest absolute Gasteiger partial charge is 0.477 e. The van der Waals surface area contributed by atoms with Gasteiger partial charge >= 0.3 is 11.9 Å². The lowest BCUT2D eigenvalue weighted by molar-refractivity contribution is -0.147. The smallest absolute Gasteiger partial charge is 0.354 e. The summed E-state index contributed by atoms with van der Waals surface area (Å²) < 4.78 is 5.01. The van der Waals surface area contributed by atoms with Gasteiger partial charge in [-0.15, -0.1) is 24.8 Å². The van der Waals surface area contributed by atoms with Gasteiger partial charge < -0.3 is 9.84 Å². The van der Waals surface area contributed by atoms with Gasteiger partial charge in [0.15, 0.2) is 0 Å². The highest BCUT2D eigenvalue weighted by molar-refractivity contribution is 5.86. The SMILES string of the molecule is CCOC(=O)C1(NCc2ccc(C(=O)O)nc2)CC1.Cl.Cl. The number of halogens is 2. The highest BCUT2D eigenvalue weighted by atomic mass is 35.5. The minimum Gasteiger partial charge on any atom is -0.477 e. The Morgan fingerprint density at radius 1 is 1.38 bits per heavy atom. The van der Waals surface area contributed by atoms with Gasteiger partial charge in [0.2, 0.25) is 0 Å². The van der Waals surface area contributed by atoms with Gasteiger partial charge in [0.25, 0.3) is 0 Å². The van der Waals surface area contributed by atoms with E-state index in [0.717, 1.165) is 18.4 Å². The van der Waals surface area contributed by atoms with E-state index in [1.165, 1.54) is 12.3 Å². The van der Waals surface area contributed by atoms with Crippen molar-refractivity contribution in [2.45, 2.75) is 31.8 Å². The fourth-order valence-corrected chi connectivity index (χ4v) is 1.77. The number of ether oxygens (including phenoxy) is 1. The number of aromatic nitrogens is 1. The molecule has 2 rings (SSSR count). The number of hydrogen-bond acceptors (Lipinski definition) is 5. The number of rotatable bonds is 6. The maximum atomic E-state index is 11.7. The number of carbonyl (C=O) groups is 2. The van der Waals surface area contributed by atoms with Crippen molar-refractivity contribution in [2.75, 3.05) is 6.61 Å². The zero-order valence-electron chi connectivity index (χ0n) is 11.5. The van der Waals surface area contributed by atoms with Crippen molar-refractivity contribution in [3.8, 4) is 0 Å². The fourth-order valence-electron chi connectivity index (χ4n) is 1.77. The summed E-state index contributed by atoms with van der Waals surface area (Å²) in [7, 11) is 0. The van der Waals surface area contributed by atoms with Crippen LogP contribution in [-0.4, -0.2) is 34.2 Å². The normalized spacial score (nSPS) is 14.3. The number of hydrogen-bond donors (Lipinski definition) is 2. The van der Waals surface area contributed by atoms with Crippen LogP contribution >= 0.6 is 24.8 Å². The molecule has 0 aliphatic heterocycles. The quantitative estimate of drug-likeness (QED) is 0.770. The Bertz CT molecular complexity index is 489. The molecule has 2 N–H and O–H groups in total. The topological polar surface area (TPSA) is 88.5 Å². The third-order valence-electron chi connectivity index (χ3n) is 3.09. The van der Waals surface area contributed by atoms with Gasteiger partial charge in [-0.05, 0) is 31.4 Å². The predicted octanol–water partition coefficient (Wildman–Crippen LogP) is 1.81. The molecule has 0 radical (unpaired) electrons. The number of nitrogens with zero attached hydrogens (tertiary/aromatic N) is 1. The van der Waals surface area contributed by atoms with Crippen LogP contribution in [0.25, 0.3) is 0 Å². The van der Waals surface area contributed by atoms with Crippen LogP contribution in [0, 0.1) is 0 Å². The number of esters is 1. The number of carboxylic acid groups (broad SMARTS) is 1. The number of aromatic carboxylic acids is 1. The van der Waals surface area contributed by atoms with Gasteiger partial charge in [-0.1, -0.05) is 6.07 Å². The van der Waals surface area contributed by atoms with Crippen LogP contribution < -0.4 is 5.32 Å². The molecule has 0 saturated heterocycles. The van der Waals surface area contributed by atoms with Gasteiger partial charge in [0, 0.05) is 12.7 Å². The van der Waals surface area contributed by atoms with Crippen molar-refractivity contribution in [2.24, 2.45) is 0 Å². The molecule has 118 valence electrons. The summed E-state index contributed by atoms with van der Waals surface area (Å²) >= 11 is 0. The van der Waals surface area contributed by atoms with Gasteiger partial charge in [-0.25, -0.2) is 9.78 Å². The van der Waals surface area contributed by atoms with Gasteiger partial charge in [-0.3, -0.25) is 10.1 Å². The van der Waals surface area contributed by atoms with Crippen LogP contribution in [0.15, 0.2) is 18.3 Å². The Morgan fingerprint density at radius 2 is 2.05 bits per heavy atom. The molecule has 1 heterocycles. The van der Waals surface area contributed by atoms with Crippen molar-refractivity contribution >= 4 is 36.8 Å². The third-order valence-corrected chi connectivity index (χ3v) is 3.09. The molecule has 1 aliphatic carbocycles. The molecule has 0 aromatic carbocycles. The third kappa shape index (κ3) is 4.84. The van der Waals surface area contributed by atoms with Crippen molar-refractivity contribution in [1.82, 2.24) is 10.3 Å². The molecule has 21 heavy (non-hydrogen) atoms. The highest BCUT2D eigenvalue weighted by Crippen LogP contribution is 2.36. The zero-order chi connectivity index (χ0) is 13.9. The lowest BCUT2D eigenvalue weighted by atomic mass is 10.2. The van der Waals surface area contributed by atoms with Crippen LogP contribution in [0.3, 0.4) is 0 Å². The van der Waals surface area contributed by atoms with Crippen molar-refractivity contribution < 1.29 is 19.4 Å². The van der Waals surface area contributed by atoms with E-state index in [1.54, 1.807) is 13.0 Å². The average Bonchev–Trinajstić information content (AvgIpc) is 3.18. The standard InChI is InChI=1S/C13H16N2O4.2ClH/c1-2-19-12(18)13(5-6-13)15-8-9-3-4-10(11(16)17)14-7-9;;/h3-4,7,15H,2,5-6,8H2,1H3,(H,16,17);2*1H. The summed E-state index contributed by atoms with van der Waals surface area (Å²) in [4.78, 5) is 26.2. The summed E-state index contributed by atoms with van der Waals surface area (Å²) in [6, 6.07) is 3.13. The van der Waals surface area contributed by atoms with Crippen LogP contribution in [0.2, 0.25) is 0 Å². The zero-order valence-corrected chi connectivity index (χ0v) is 13.1. The lowest BCUT2D eigenvalue weighted by Crippen LogP contribution is -2.40. The first-order valence-corrected chi connectivity index (χ1v) is 6.18. The van der Waals surface area contributed by atoms with E-state index >= 15 is 0 Å². The van der Waals surface area contributed by atoms with E-state index in [4.69, 9.17) is 9.84 Å². The minimum absolute atomic E-state index is 0. The van der Waals surface area contributed by atoms with Crippen molar-refractivity contribution in [3.63, 3.8) is 0 Å². The number of nitrogens with one attached hydrogen (secondary N) is 1. The van der Waals surface area contributed by atoms with Crippen LogP contribution in [0.1, 0.15) is 35.8 Å². The second kappa shape index (κ2) is 8.17. The Labute approximate surface area is 135 Å². The second-order valence-electron chi connectivity index (χ2n) is 4.51. The van der Waals surface area contributed by atoms with Gasteiger partial charge in [0.05, 0.1) is 6.61 Å². The first kappa shape index (κ1) is 19.6. The van der Waals surface area contributed by atoms with Crippen LogP contribution in [0.5, 0.6) is 0 Å². The Balaban J connectivity index is 0.00000200. The van der Waals surface area contributed by atoms with Crippen LogP contribution in [0.4, 0.5) is 0 Å². The summed E-state index contributed by atoms with van der Waals surface area (Å²) in [5.41, 5.74) is 0.289. The van der Waals surface area contributed by atoms with Crippen molar-refractivity contribution in [1.29, 1.82) is 0 Å². The molecule has 1 saturated carbocycles. The molecule has 8 heteroatoms. The summed E-state index contributed by atoms with van der Waals surface area (Å²) in [5.74, 6) is -1.27. The second-order valence-corrected chi connectivity index (χ2v) is 4.51.